The topological polar surface area (TPSA) is 17.1 Å². The highest BCUT2D eigenvalue weighted by Gasteiger charge is 1.97. The van der Waals surface area contributed by atoms with E-state index in [9.17, 15) is 4.79 Å². The van der Waals surface area contributed by atoms with Crippen molar-refractivity contribution in [3.05, 3.63) is 36.0 Å². The first-order valence-electron chi connectivity index (χ1n) is 4.12. The average molecular weight is 164 g/mol. The molecule has 0 fully saturated rings. The number of carbonyl (C=O) groups is 1. The van der Waals surface area contributed by atoms with E-state index < -0.39 is 0 Å². The lowest BCUT2D eigenvalue weighted by molar-refractivity contribution is -0.115. The van der Waals surface area contributed by atoms with Crippen molar-refractivity contribution in [1.29, 1.82) is 0 Å². The molecule has 0 heterocycles. The molecule has 1 heteroatoms. The molecule has 0 aliphatic heterocycles. The lowest BCUT2D eigenvalue weighted by atomic mass is 10.1. The van der Waals surface area contributed by atoms with Crippen LogP contribution >= 0.6 is 0 Å². The minimum atomic E-state index is 0.197. The molecule has 1 nitrogen and oxygen atoms in total. The van der Waals surface area contributed by atoms with Gasteiger partial charge in [-0.1, -0.05) is 37.3 Å². The monoisotopic (exact) mass is 164 g/mol. The molecular formula is C11H16O. The predicted octanol–water partition coefficient (Wildman–Crippen LogP) is 3.04. The van der Waals surface area contributed by atoms with Crippen molar-refractivity contribution in [3.8, 4) is 0 Å². The number of carbonyl (C=O) groups excluding carboxylic acids is 1. The molecule has 0 saturated heterocycles. The van der Waals surface area contributed by atoms with Gasteiger partial charge in [0.2, 0.25) is 0 Å². The maximum atomic E-state index is 11.1. The molecule has 0 aliphatic carbocycles. The number of Topliss-reactive ketones (excluding diaryl/α,β-unsaturated/α-hetero) is 1. The van der Waals surface area contributed by atoms with Gasteiger partial charge in [0.15, 0.2) is 5.78 Å². The summed E-state index contributed by atoms with van der Waals surface area (Å²) in [6.45, 7) is 9.27. The molecule has 0 amide bonds. The van der Waals surface area contributed by atoms with Gasteiger partial charge < -0.3 is 0 Å². The number of rotatable bonds is 4. The van der Waals surface area contributed by atoms with Gasteiger partial charge in [-0.2, -0.15) is 0 Å². The molecule has 0 aromatic carbocycles. The van der Waals surface area contributed by atoms with Crippen LogP contribution < -0.4 is 0 Å². The summed E-state index contributed by atoms with van der Waals surface area (Å²) in [5.41, 5.74) is 1.87. The second kappa shape index (κ2) is 5.53. The maximum absolute atomic E-state index is 11.1. The highest BCUT2D eigenvalue weighted by atomic mass is 16.1. The molecule has 0 N–H and O–H groups in total. The van der Waals surface area contributed by atoms with E-state index in [0.717, 1.165) is 11.1 Å². The summed E-state index contributed by atoms with van der Waals surface area (Å²) >= 11 is 0. The lowest BCUT2D eigenvalue weighted by Gasteiger charge is -1.94. The van der Waals surface area contributed by atoms with Crippen molar-refractivity contribution in [3.63, 3.8) is 0 Å². The summed E-state index contributed by atoms with van der Waals surface area (Å²) in [7, 11) is 0. The molecule has 0 bridgehead atoms. The van der Waals surface area contributed by atoms with Crippen LogP contribution in [0.4, 0.5) is 0 Å². The van der Waals surface area contributed by atoms with Gasteiger partial charge in [0.05, 0.1) is 0 Å². The van der Waals surface area contributed by atoms with Crippen LogP contribution in [-0.2, 0) is 4.79 Å². The van der Waals surface area contributed by atoms with Gasteiger partial charge in [0.25, 0.3) is 0 Å². The molecule has 0 aromatic rings. The Morgan fingerprint density at radius 1 is 1.33 bits per heavy atom. The first-order valence-corrected chi connectivity index (χ1v) is 4.12. The van der Waals surface area contributed by atoms with Gasteiger partial charge in [-0.05, 0) is 19.4 Å². The zero-order chi connectivity index (χ0) is 9.56. The van der Waals surface area contributed by atoms with Crippen molar-refractivity contribution >= 4 is 5.78 Å². The zero-order valence-corrected chi connectivity index (χ0v) is 8.05. The van der Waals surface area contributed by atoms with Gasteiger partial charge in [0.1, 0.15) is 0 Å². The molecule has 0 aromatic heterocycles. The number of allylic oxidation sites excluding steroid dienone is 5. The molecule has 0 unspecified atom stereocenters. The minimum absolute atomic E-state index is 0.197. The molecule has 0 spiro atoms. The largest absolute Gasteiger partial charge is 0.295 e. The second-order valence-corrected chi connectivity index (χ2v) is 2.74. The highest BCUT2D eigenvalue weighted by molar-refractivity contribution is 5.94. The fourth-order valence-corrected chi connectivity index (χ4v) is 0.696. The normalized spacial score (nSPS) is 12.9. The third-order valence-corrected chi connectivity index (χ3v) is 1.68. The number of hydrogen-bond donors (Lipinski definition) is 0. The Morgan fingerprint density at radius 3 is 2.33 bits per heavy atom. The second-order valence-electron chi connectivity index (χ2n) is 2.74. The van der Waals surface area contributed by atoms with Gasteiger partial charge in [-0.15, -0.1) is 0 Å². The fraction of sp³-hybridized carbons (Fsp3) is 0.364. The van der Waals surface area contributed by atoms with Crippen molar-refractivity contribution in [2.75, 3.05) is 0 Å². The molecule has 0 rings (SSSR count). The minimum Gasteiger partial charge on any atom is -0.295 e. The lowest BCUT2D eigenvalue weighted by Crippen LogP contribution is -1.95. The van der Waals surface area contributed by atoms with Gasteiger partial charge in [-0.25, -0.2) is 0 Å². The Morgan fingerprint density at radius 2 is 1.92 bits per heavy atom. The van der Waals surface area contributed by atoms with Gasteiger partial charge >= 0.3 is 0 Å². The first kappa shape index (κ1) is 10.9. The molecule has 0 atom stereocenters. The van der Waals surface area contributed by atoms with Crippen molar-refractivity contribution in [2.45, 2.75) is 27.2 Å². The van der Waals surface area contributed by atoms with Crippen LogP contribution in [-0.4, -0.2) is 5.78 Å². The van der Waals surface area contributed by atoms with E-state index in [-0.39, 0.29) is 5.78 Å². The van der Waals surface area contributed by atoms with Crippen LogP contribution in [0.2, 0.25) is 0 Å². The summed E-state index contributed by atoms with van der Waals surface area (Å²) < 4.78 is 0. The highest BCUT2D eigenvalue weighted by Crippen LogP contribution is 2.01. The molecule has 66 valence electrons. The molecule has 0 radical (unpaired) electrons. The van der Waals surface area contributed by atoms with E-state index in [4.69, 9.17) is 0 Å². The number of ketones is 1. The van der Waals surface area contributed by atoms with E-state index in [1.165, 1.54) is 0 Å². The van der Waals surface area contributed by atoms with Crippen molar-refractivity contribution in [1.82, 2.24) is 0 Å². The predicted molar refractivity (Wildman–Crippen MR) is 53.0 cm³/mol. The smallest absolute Gasteiger partial charge is 0.158 e. The van der Waals surface area contributed by atoms with Crippen molar-refractivity contribution in [2.24, 2.45) is 0 Å². The molecule has 0 saturated carbocycles. The van der Waals surface area contributed by atoms with E-state index in [0.29, 0.717) is 6.42 Å². The molecule has 12 heavy (non-hydrogen) atoms. The van der Waals surface area contributed by atoms with Gasteiger partial charge in [-0.3, -0.25) is 4.79 Å². The van der Waals surface area contributed by atoms with E-state index in [1.807, 2.05) is 32.9 Å². The Labute approximate surface area is 74.5 Å². The zero-order valence-electron chi connectivity index (χ0n) is 8.05. The van der Waals surface area contributed by atoms with Crippen LogP contribution in [0.5, 0.6) is 0 Å². The maximum Gasteiger partial charge on any atom is 0.158 e. The summed E-state index contributed by atoms with van der Waals surface area (Å²) in [6, 6.07) is 0. The molecular weight excluding hydrogens is 148 g/mol. The quantitative estimate of drug-likeness (QED) is 0.461. The van der Waals surface area contributed by atoms with Crippen LogP contribution in [0.1, 0.15) is 27.2 Å². The summed E-state index contributed by atoms with van der Waals surface area (Å²) in [4.78, 5) is 11.1. The average Bonchev–Trinajstić information content (AvgIpc) is 2.11. The van der Waals surface area contributed by atoms with Gasteiger partial charge in [0, 0.05) is 6.42 Å². The SMILES string of the molecule is C=C/C(C)=C\C=C(/C)C(=O)CC. The van der Waals surface area contributed by atoms with E-state index in [1.54, 1.807) is 6.08 Å². The molecule has 0 aliphatic rings. The Bertz CT molecular complexity index is 231. The van der Waals surface area contributed by atoms with Crippen LogP contribution in [0.15, 0.2) is 36.0 Å². The van der Waals surface area contributed by atoms with E-state index in [2.05, 4.69) is 6.58 Å². The van der Waals surface area contributed by atoms with Crippen LogP contribution in [0, 0.1) is 0 Å². The van der Waals surface area contributed by atoms with Crippen LogP contribution in [0.3, 0.4) is 0 Å². The van der Waals surface area contributed by atoms with Crippen molar-refractivity contribution < 1.29 is 4.79 Å². The Hall–Kier alpha value is -1.11. The summed E-state index contributed by atoms with van der Waals surface area (Å²) in [5.74, 6) is 0.197. The summed E-state index contributed by atoms with van der Waals surface area (Å²) in [6.07, 6.45) is 6.07. The Kier molecular flexibility index (Phi) is 5.02. The Balaban J connectivity index is 4.37. The fourth-order valence-electron chi connectivity index (χ4n) is 0.696. The third-order valence-electron chi connectivity index (χ3n) is 1.68. The van der Waals surface area contributed by atoms with Crippen LogP contribution in [0.25, 0.3) is 0 Å². The third kappa shape index (κ3) is 3.91. The number of hydrogen-bond acceptors (Lipinski definition) is 1. The standard InChI is InChI=1S/C11H16O/c1-5-9(3)7-8-10(4)11(12)6-2/h5,7-8H,1,6H2,2-4H3/b9-7-,10-8+. The van der Waals surface area contributed by atoms with E-state index >= 15 is 0 Å². The summed E-state index contributed by atoms with van der Waals surface area (Å²) in [5, 5.41) is 0. The first-order chi connectivity index (χ1) is 5.61.